The van der Waals surface area contributed by atoms with Crippen molar-refractivity contribution in [3.63, 3.8) is 0 Å². The molecule has 0 saturated heterocycles. The van der Waals surface area contributed by atoms with Crippen LogP contribution in [0.15, 0.2) is 18.2 Å². The van der Waals surface area contributed by atoms with Crippen molar-refractivity contribution in [2.75, 3.05) is 19.5 Å². The molecule has 1 fully saturated rings. The lowest BCUT2D eigenvalue weighted by molar-refractivity contribution is 0.302. The summed E-state index contributed by atoms with van der Waals surface area (Å²) in [5.41, 5.74) is 2.61. The molecule has 1 aliphatic carbocycles. The summed E-state index contributed by atoms with van der Waals surface area (Å²) in [6.45, 7) is 1.05. The van der Waals surface area contributed by atoms with Crippen LogP contribution in [0.2, 0.25) is 0 Å². The van der Waals surface area contributed by atoms with Gasteiger partial charge < -0.3 is 4.74 Å². The van der Waals surface area contributed by atoms with E-state index in [1.807, 2.05) is 12.1 Å². The molecule has 2 aliphatic rings. The van der Waals surface area contributed by atoms with E-state index in [2.05, 4.69) is 6.07 Å². The summed E-state index contributed by atoms with van der Waals surface area (Å²) < 4.78 is 32.3. The summed E-state index contributed by atoms with van der Waals surface area (Å²) in [6, 6.07) is 6.13. The van der Waals surface area contributed by atoms with Gasteiger partial charge in [-0.1, -0.05) is 12.1 Å². The Hall–Kier alpha value is -1.07. The zero-order valence-electron chi connectivity index (χ0n) is 10.3. The van der Waals surface area contributed by atoms with E-state index in [-0.39, 0.29) is 0 Å². The number of rotatable bonds is 4. The standard InChI is InChI=1S/C13H16O4S/c1-18(14,15)17-8-9-7-12(9)10-3-2-4-13-11(10)5-6-16-13/h2-4,9,12H,5-8H2,1H3/t9-,12-/m0/s1. The van der Waals surface area contributed by atoms with Gasteiger partial charge in [0.25, 0.3) is 10.1 Å². The predicted octanol–water partition coefficient (Wildman–Crippen LogP) is 1.70. The van der Waals surface area contributed by atoms with Gasteiger partial charge in [0.1, 0.15) is 5.75 Å². The second kappa shape index (κ2) is 4.24. The Balaban J connectivity index is 1.70. The highest BCUT2D eigenvalue weighted by Crippen LogP contribution is 2.50. The second-order valence-electron chi connectivity index (χ2n) is 5.01. The molecule has 18 heavy (non-hydrogen) atoms. The van der Waals surface area contributed by atoms with E-state index in [0.717, 1.165) is 31.5 Å². The Labute approximate surface area is 107 Å². The molecular weight excluding hydrogens is 252 g/mol. The molecule has 1 aromatic carbocycles. The molecule has 0 amide bonds. The molecule has 98 valence electrons. The largest absolute Gasteiger partial charge is 0.493 e. The van der Waals surface area contributed by atoms with Crippen molar-refractivity contribution >= 4 is 10.1 Å². The third-order valence-electron chi connectivity index (χ3n) is 3.60. The lowest BCUT2D eigenvalue weighted by atomic mass is 10.0. The first kappa shape index (κ1) is 12.0. The van der Waals surface area contributed by atoms with Crippen LogP contribution in [0, 0.1) is 5.92 Å². The summed E-state index contributed by atoms with van der Waals surface area (Å²) in [6.07, 6.45) is 3.06. The normalized spacial score (nSPS) is 25.6. The Morgan fingerprint density at radius 1 is 1.44 bits per heavy atom. The summed E-state index contributed by atoms with van der Waals surface area (Å²) >= 11 is 0. The van der Waals surface area contributed by atoms with Crippen LogP contribution >= 0.6 is 0 Å². The van der Waals surface area contributed by atoms with Crippen LogP contribution < -0.4 is 4.74 Å². The fourth-order valence-corrected chi connectivity index (χ4v) is 3.04. The SMILES string of the molecule is CS(=O)(=O)OC[C@@H]1C[C@@H]1c1cccc2c1CCO2. The summed E-state index contributed by atoms with van der Waals surface area (Å²) in [5.74, 6) is 1.75. The fraction of sp³-hybridized carbons (Fsp3) is 0.538. The number of benzene rings is 1. The molecule has 1 aromatic rings. The van der Waals surface area contributed by atoms with E-state index < -0.39 is 10.1 Å². The number of fused-ring (bicyclic) bond motifs is 1. The van der Waals surface area contributed by atoms with Gasteiger partial charge in [-0.25, -0.2) is 0 Å². The molecule has 0 unspecified atom stereocenters. The van der Waals surface area contributed by atoms with E-state index in [1.165, 1.54) is 11.1 Å². The van der Waals surface area contributed by atoms with Gasteiger partial charge in [-0.15, -0.1) is 0 Å². The van der Waals surface area contributed by atoms with E-state index in [1.54, 1.807) is 0 Å². The van der Waals surface area contributed by atoms with Gasteiger partial charge in [0, 0.05) is 12.0 Å². The van der Waals surface area contributed by atoms with Gasteiger partial charge >= 0.3 is 0 Å². The van der Waals surface area contributed by atoms with E-state index in [9.17, 15) is 8.42 Å². The first-order chi connectivity index (χ1) is 8.54. The molecule has 5 heteroatoms. The Morgan fingerprint density at radius 2 is 2.28 bits per heavy atom. The number of ether oxygens (including phenoxy) is 1. The third kappa shape index (κ3) is 2.37. The van der Waals surface area contributed by atoms with Crippen molar-refractivity contribution in [1.82, 2.24) is 0 Å². The highest BCUT2D eigenvalue weighted by molar-refractivity contribution is 7.85. The predicted molar refractivity (Wildman–Crippen MR) is 67.3 cm³/mol. The Kier molecular flexibility index (Phi) is 2.83. The van der Waals surface area contributed by atoms with E-state index >= 15 is 0 Å². The van der Waals surface area contributed by atoms with Gasteiger partial charge in [-0.3, -0.25) is 4.18 Å². The van der Waals surface area contributed by atoms with Crippen LogP contribution in [0.4, 0.5) is 0 Å². The lowest BCUT2D eigenvalue weighted by Gasteiger charge is -2.06. The Morgan fingerprint density at radius 3 is 3.06 bits per heavy atom. The van der Waals surface area contributed by atoms with Crippen molar-refractivity contribution < 1.29 is 17.3 Å². The minimum absolute atomic E-state index is 0.300. The van der Waals surface area contributed by atoms with E-state index in [4.69, 9.17) is 8.92 Å². The molecular formula is C13H16O4S. The molecule has 1 saturated carbocycles. The van der Waals surface area contributed by atoms with Gasteiger partial charge in [0.05, 0.1) is 19.5 Å². The van der Waals surface area contributed by atoms with Gasteiger partial charge in [0.15, 0.2) is 0 Å². The molecule has 0 bridgehead atoms. The molecule has 0 N–H and O–H groups in total. The van der Waals surface area contributed by atoms with Crippen molar-refractivity contribution in [2.45, 2.75) is 18.8 Å². The molecule has 1 heterocycles. The first-order valence-corrected chi connectivity index (χ1v) is 7.95. The average Bonchev–Trinajstić information content (AvgIpc) is 2.91. The third-order valence-corrected chi connectivity index (χ3v) is 4.16. The van der Waals surface area contributed by atoms with Gasteiger partial charge in [-0.2, -0.15) is 8.42 Å². The van der Waals surface area contributed by atoms with Crippen molar-refractivity contribution in [3.05, 3.63) is 29.3 Å². The smallest absolute Gasteiger partial charge is 0.264 e. The molecule has 0 aromatic heterocycles. The average molecular weight is 268 g/mol. The van der Waals surface area contributed by atoms with Crippen LogP contribution in [0.3, 0.4) is 0 Å². The van der Waals surface area contributed by atoms with Crippen LogP contribution in [-0.2, 0) is 20.7 Å². The Bertz CT molecular complexity index is 564. The van der Waals surface area contributed by atoms with Crippen LogP contribution in [0.1, 0.15) is 23.5 Å². The molecule has 3 rings (SSSR count). The summed E-state index contributed by atoms with van der Waals surface area (Å²) in [7, 11) is -3.32. The minimum Gasteiger partial charge on any atom is -0.493 e. The molecule has 2 atom stereocenters. The minimum atomic E-state index is -3.32. The number of hydrogen-bond acceptors (Lipinski definition) is 4. The quantitative estimate of drug-likeness (QED) is 0.780. The van der Waals surface area contributed by atoms with Crippen molar-refractivity contribution in [3.8, 4) is 5.75 Å². The second-order valence-corrected chi connectivity index (χ2v) is 6.66. The molecule has 1 aliphatic heterocycles. The van der Waals surface area contributed by atoms with Crippen LogP contribution in [0.25, 0.3) is 0 Å². The van der Waals surface area contributed by atoms with Gasteiger partial charge in [0.2, 0.25) is 0 Å². The van der Waals surface area contributed by atoms with Crippen molar-refractivity contribution in [2.24, 2.45) is 5.92 Å². The maximum absolute atomic E-state index is 11.0. The maximum Gasteiger partial charge on any atom is 0.264 e. The van der Waals surface area contributed by atoms with Crippen LogP contribution in [0.5, 0.6) is 5.75 Å². The molecule has 0 radical (unpaired) electrons. The maximum atomic E-state index is 11.0. The molecule has 4 nitrogen and oxygen atoms in total. The molecule has 0 spiro atoms. The van der Waals surface area contributed by atoms with Crippen LogP contribution in [-0.4, -0.2) is 27.9 Å². The fourth-order valence-electron chi connectivity index (χ4n) is 2.62. The monoisotopic (exact) mass is 268 g/mol. The lowest BCUT2D eigenvalue weighted by Crippen LogP contribution is -2.06. The highest BCUT2D eigenvalue weighted by atomic mass is 32.2. The zero-order chi connectivity index (χ0) is 12.8. The van der Waals surface area contributed by atoms with Gasteiger partial charge in [-0.05, 0) is 29.9 Å². The van der Waals surface area contributed by atoms with Crippen molar-refractivity contribution in [1.29, 1.82) is 0 Å². The highest BCUT2D eigenvalue weighted by Gasteiger charge is 2.41. The number of hydrogen-bond donors (Lipinski definition) is 0. The first-order valence-electron chi connectivity index (χ1n) is 6.13. The summed E-state index contributed by atoms with van der Waals surface area (Å²) in [5, 5.41) is 0. The summed E-state index contributed by atoms with van der Waals surface area (Å²) in [4.78, 5) is 0. The zero-order valence-corrected chi connectivity index (χ0v) is 11.1. The van der Waals surface area contributed by atoms with E-state index in [0.29, 0.717) is 18.4 Å². The topological polar surface area (TPSA) is 52.6 Å².